The summed E-state index contributed by atoms with van der Waals surface area (Å²) in [6, 6.07) is 2.68. The molecule has 2 rings (SSSR count). The van der Waals surface area contributed by atoms with Crippen molar-refractivity contribution in [3.05, 3.63) is 29.6 Å². The van der Waals surface area contributed by atoms with E-state index in [1.165, 1.54) is 17.0 Å². The second kappa shape index (κ2) is 5.47. The Kier molecular flexibility index (Phi) is 3.74. The van der Waals surface area contributed by atoms with E-state index >= 15 is 0 Å². The monoisotopic (exact) mass is 263 g/mol. The lowest BCUT2D eigenvalue weighted by molar-refractivity contribution is -0.121. The Morgan fingerprint density at radius 3 is 2.79 bits per heavy atom. The van der Waals surface area contributed by atoms with Crippen molar-refractivity contribution in [3.8, 4) is 0 Å². The lowest BCUT2D eigenvalue weighted by Gasteiger charge is -2.18. The fourth-order valence-corrected chi connectivity index (χ4v) is 1.79. The van der Waals surface area contributed by atoms with Gasteiger partial charge in [-0.15, -0.1) is 0 Å². The molecule has 0 spiro atoms. The number of nitrogens with zero attached hydrogens (tertiary/aromatic N) is 2. The number of carbonyl (C=O) groups excluding carboxylic acids is 2. The third-order valence-corrected chi connectivity index (χ3v) is 2.78. The number of rotatable bonds is 2. The number of aromatic nitrogens is 1. The summed E-state index contributed by atoms with van der Waals surface area (Å²) in [6.07, 6.45) is 1.82. The summed E-state index contributed by atoms with van der Waals surface area (Å²) in [4.78, 5) is 39.4. The molecule has 1 aliphatic heterocycles. The zero-order valence-corrected chi connectivity index (χ0v) is 10.1. The van der Waals surface area contributed by atoms with Crippen LogP contribution in [0.15, 0.2) is 18.3 Å². The molecule has 1 aromatic heterocycles. The van der Waals surface area contributed by atoms with Gasteiger partial charge in [0.15, 0.2) is 0 Å². The summed E-state index contributed by atoms with van der Waals surface area (Å²) in [6.45, 7) is 1.02. The van der Waals surface area contributed by atoms with E-state index in [1.807, 2.05) is 0 Å². The number of carboxylic acid groups (broad SMARTS) is 1. The van der Waals surface area contributed by atoms with Gasteiger partial charge in [0, 0.05) is 19.3 Å². The van der Waals surface area contributed by atoms with Gasteiger partial charge in [-0.2, -0.15) is 0 Å². The minimum absolute atomic E-state index is 0.00119. The molecule has 19 heavy (non-hydrogen) atoms. The van der Waals surface area contributed by atoms with Gasteiger partial charge in [-0.3, -0.25) is 14.6 Å². The van der Waals surface area contributed by atoms with Gasteiger partial charge < -0.3 is 15.3 Å². The van der Waals surface area contributed by atoms with Crippen molar-refractivity contribution in [2.45, 2.75) is 6.42 Å². The molecule has 0 atom stereocenters. The number of aromatic carboxylic acids is 1. The molecule has 0 bridgehead atoms. The van der Waals surface area contributed by atoms with Crippen LogP contribution in [-0.2, 0) is 4.79 Å². The van der Waals surface area contributed by atoms with Crippen LogP contribution in [0.4, 0.5) is 0 Å². The largest absolute Gasteiger partial charge is 0.478 e. The van der Waals surface area contributed by atoms with Crippen LogP contribution in [-0.4, -0.2) is 52.4 Å². The lowest BCUT2D eigenvalue weighted by Crippen LogP contribution is -2.37. The van der Waals surface area contributed by atoms with Gasteiger partial charge in [0.05, 0.1) is 12.1 Å². The van der Waals surface area contributed by atoms with Crippen molar-refractivity contribution in [1.82, 2.24) is 15.2 Å². The maximum Gasteiger partial charge on any atom is 0.337 e. The molecule has 0 unspecified atom stereocenters. The van der Waals surface area contributed by atoms with E-state index in [1.54, 1.807) is 0 Å². The Bertz CT molecular complexity index is 512. The van der Waals surface area contributed by atoms with Crippen LogP contribution in [0.5, 0.6) is 0 Å². The maximum absolute atomic E-state index is 12.1. The van der Waals surface area contributed by atoms with Crippen LogP contribution in [0.1, 0.15) is 27.3 Å². The van der Waals surface area contributed by atoms with E-state index in [0.29, 0.717) is 19.5 Å². The van der Waals surface area contributed by atoms with Gasteiger partial charge in [-0.05, 0) is 18.6 Å². The first kappa shape index (κ1) is 13.0. The van der Waals surface area contributed by atoms with Crippen LogP contribution < -0.4 is 5.32 Å². The van der Waals surface area contributed by atoms with Gasteiger partial charge in [0.2, 0.25) is 5.91 Å². The number of pyridine rings is 1. The van der Waals surface area contributed by atoms with Crippen LogP contribution in [0.25, 0.3) is 0 Å². The average Bonchev–Trinajstić information content (AvgIpc) is 2.62. The van der Waals surface area contributed by atoms with Crippen molar-refractivity contribution < 1.29 is 19.5 Å². The highest BCUT2D eigenvalue weighted by atomic mass is 16.4. The van der Waals surface area contributed by atoms with E-state index in [2.05, 4.69) is 10.3 Å². The molecule has 0 saturated carbocycles. The number of carbonyl (C=O) groups is 3. The predicted octanol–water partition coefficient (Wildman–Crippen LogP) is -0.258. The fraction of sp³-hybridized carbons (Fsp3) is 0.333. The molecule has 1 saturated heterocycles. The normalized spacial score (nSPS) is 15.6. The minimum atomic E-state index is -1.10. The fourth-order valence-electron chi connectivity index (χ4n) is 1.79. The minimum Gasteiger partial charge on any atom is -0.478 e. The number of hydrogen-bond acceptors (Lipinski definition) is 4. The molecule has 0 aliphatic carbocycles. The topological polar surface area (TPSA) is 99.6 Å². The van der Waals surface area contributed by atoms with Crippen LogP contribution >= 0.6 is 0 Å². The molecule has 1 aromatic rings. The molecule has 0 radical (unpaired) electrons. The predicted molar refractivity (Wildman–Crippen MR) is 64.7 cm³/mol. The second-order valence-corrected chi connectivity index (χ2v) is 4.17. The number of hydrogen-bond donors (Lipinski definition) is 2. The summed E-state index contributed by atoms with van der Waals surface area (Å²) in [5.74, 6) is -1.66. The standard InChI is InChI=1S/C12H13N3O4/c16-10-7-15(5-1-4-13-10)11(17)9-3-2-8(6-14-9)12(18)19/h2-3,6H,1,4-5,7H2,(H,13,16)(H,18,19). The number of carboxylic acids is 1. The van der Waals surface area contributed by atoms with Crippen LogP contribution in [0, 0.1) is 0 Å². The zero-order chi connectivity index (χ0) is 13.8. The molecule has 1 aliphatic rings. The van der Waals surface area contributed by atoms with Gasteiger partial charge in [-0.1, -0.05) is 0 Å². The lowest BCUT2D eigenvalue weighted by atomic mass is 10.2. The summed E-state index contributed by atoms with van der Waals surface area (Å²) in [5, 5.41) is 11.4. The molecule has 2 amide bonds. The number of amides is 2. The molecular formula is C12H13N3O4. The first-order chi connectivity index (χ1) is 9.08. The third kappa shape index (κ3) is 3.06. The van der Waals surface area contributed by atoms with Gasteiger partial charge >= 0.3 is 5.97 Å². The van der Waals surface area contributed by atoms with Gasteiger partial charge in [0.1, 0.15) is 5.69 Å². The Balaban J connectivity index is 2.14. The van der Waals surface area contributed by atoms with E-state index in [-0.39, 0.29) is 29.6 Å². The maximum atomic E-state index is 12.1. The Labute approximate surface area is 109 Å². The van der Waals surface area contributed by atoms with Gasteiger partial charge in [-0.25, -0.2) is 4.79 Å². The van der Waals surface area contributed by atoms with Gasteiger partial charge in [0.25, 0.3) is 5.91 Å². The van der Waals surface area contributed by atoms with Crippen molar-refractivity contribution in [3.63, 3.8) is 0 Å². The molecule has 2 heterocycles. The van der Waals surface area contributed by atoms with E-state index in [9.17, 15) is 14.4 Å². The first-order valence-corrected chi connectivity index (χ1v) is 5.83. The summed E-state index contributed by atoms with van der Waals surface area (Å²) < 4.78 is 0. The summed E-state index contributed by atoms with van der Waals surface area (Å²) in [7, 11) is 0. The third-order valence-electron chi connectivity index (χ3n) is 2.78. The van der Waals surface area contributed by atoms with Crippen molar-refractivity contribution >= 4 is 17.8 Å². The number of nitrogens with one attached hydrogen (secondary N) is 1. The average molecular weight is 263 g/mol. The van der Waals surface area contributed by atoms with E-state index < -0.39 is 5.97 Å². The SMILES string of the molecule is O=C1CN(C(=O)c2ccc(C(=O)O)cn2)CCCN1. The highest BCUT2D eigenvalue weighted by molar-refractivity contribution is 5.96. The van der Waals surface area contributed by atoms with E-state index in [4.69, 9.17) is 5.11 Å². The van der Waals surface area contributed by atoms with Crippen LogP contribution in [0.2, 0.25) is 0 Å². The summed E-state index contributed by atoms with van der Waals surface area (Å²) >= 11 is 0. The Hall–Kier alpha value is -2.44. The zero-order valence-electron chi connectivity index (χ0n) is 10.1. The highest BCUT2D eigenvalue weighted by Gasteiger charge is 2.21. The molecule has 0 aromatic carbocycles. The Morgan fingerprint density at radius 2 is 2.16 bits per heavy atom. The smallest absolute Gasteiger partial charge is 0.337 e. The van der Waals surface area contributed by atoms with Crippen molar-refractivity contribution in [1.29, 1.82) is 0 Å². The molecule has 7 heteroatoms. The summed E-state index contributed by atoms with van der Waals surface area (Å²) in [5.41, 5.74) is 0.157. The Morgan fingerprint density at radius 1 is 1.37 bits per heavy atom. The van der Waals surface area contributed by atoms with Crippen molar-refractivity contribution in [2.24, 2.45) is 0 Å². The second-order valence-electron chi connectivity index (χ2n) is 4.17. The molecule has 1 fully saturated rings. The van der Waals surface area contributed by atoms with Crippen molar-refractivity contribution in [2.75, 3.05) is 19.6 Å². The first-order valence-electron chi connectivity index (χ1n) is 5.83. The molecule has 100 valence electrons. The van der Waals surface area contributed by atoms with Crippen LogP contribution in [0.3, 0.4) is 0 Å². The quantitative estimate of drug-likeness (QED) is 0.766. The molecule has 7 nitrogen and oxygen atoms in total. The molecule has 2 N–H and O–H groups in total. The molecular weight excluding hydrogens is 250 g/mol. The highest BCUT2D eigenvalue weighted by Crippen LogP contribution is 2.06. The van der Waals surface area contributed by atoms with E-state index in [0.717, 1.165) is 6.20 Å².